The van der Waals surface area contributed by atoms with Crippen molar-refractivity contribution in [2.24, 2.45) is 0 Å². The summed E-state index contributed by atoms with van der Waals surface area (Å²) in [6, 6.07) is 21.8. The van der Waals surface area contributed by atoms with Crippen molar-refractivity contribution < 1.29 is 19.1 Å². The van der Waals surface area contributed by atoms with Crippen LogP contribution in [0.5, 0.6) is 11.5 Å². The minimum absolute atomic E-state index is 0.193. The van der Waals surface area contributed by atoms with E-state index in [9.17, 15) is 9.59 Å². The van der Waals surface area contributed by atoms with Crippen molar-refractivity contribution in [2.75, 3.05) is 0 Å². The minimum atomic E-state index is -0.459. The Morgan fingerprint density at radius 2 is 1.62 bits per heavy atom. The molecule has 142 valence electrons. The second kappa shape index (κ2) is 7.98. The Labute approximate surface area is 168 Å². The van der Waals surface area contributed by atoms with Crippen LogP contribution in [0.25, 0.3) is 6.08 Å². The molecule has 0 amide bonds. The fourth-order valence-corrected chi connectivity index (χ4v) is 3.04. The molecule has 0 spiro atoms. The molecule has 0 fully saturated rings. The van der Waals surface area contributed by atoms with E-state index >= 15 is 0 Å². The highest BCUT2D eigenvalue weighted by molar-refractivity contribution is 6.13. The number of benzene rings is 3. The number of rotatable bonds is 4. The molecule has 0 aromatic heterocycles. The summed E-state index contributed by atoms with van der Waals surface area (Å²) in [5, 5.41) is 0. The largest absolute Gasteiger partial charge is 0.452 e. The summed E-state index contributed by atoms with van der Waals surface area (Å²) >= 11 is 0. The molecule has 29 heavy (non-hydrogen) atoms. The normalized spacial score (nSPS) is 14.1. The number of ketones is 1. The van der Waals surface area contributed by atoms with Gasteiger partial charge in [0, 0.05) is 5.56 Å². The molecule has 1 aliphatic heterocycles. The standard InChI is InChI=1S/C25H18O4/c1-17-21(29-25(27)19-12-6-3-7-13-19)16-15-20-23(26)22(28-24(17)20)14-8-11-18-9-4-2-5-10-18/h2-16H,1H3/b11-8+,22-14-. The molecule has 4 nitrogen and oxygen atoms in total. The van der Waals surface area contributed by atoms with E-state index in [1.807, 2.05) is 42.5 Å². The van der Waals surface area contributed by atoms with Gasteiger partial charge in [0.2, 0.25) is 5.78 Å². The number of Topliss-reactive ketones (excluding diaryl/α,β-unsaturated/α-hetero) is 1. The number of carbonyl (C=O) groups is 2. The zero-order valence-corrected chi connectivity index (χ0v) is 15.8. The van der Waals surface area contributed by atoms with Gasteiger partial charge in [-0.2, -0.15) is 0 Å². The molecule has 3 aromatic rings. The van der Waals surface area contributed by atoms with Crippen LogP contribution in [-0.4, -0.2) is 11.8 Å². The molecule has 4 rings (SSSR count). The number of fused-ring (bicyclic) bond motifs is 1. The number of hydrogen-bond donors (Lipinski definition) is 0. The summed E-state index contributed by atoms with van der Waals surface area (Å²) in [7, 11) is 0. The van der Waals surface area contributed by atoms with Crippen LogP contribution in [0, 0.1) is 6.92 Å². The molecule has 3 aromatic carbocycles. The molecule has 0 aliphatic carbocycles. The van der Waals surface area contributed by atoms with E-state index in [1.165, 1.54) is 0 Å². The third-order valence-corrected chi connectivity index (χ3v) is 4.58. The monoisotopic (exact) mass is 382 g/mol. The molecular weight excluding hydrogens is 364 g/mol. The Morgan fingerprint density at radius 1 is 0.931 bits per heavy atom. The topological polar surface area (TPSA) is 52.6 Å². The number of esters is 1. The summed E-state index contributed by atoms with van der Waals surface area (Å²) in [4.78, 5) is 24.9. The zero-order chi connectivity index (χ0) is 20.2. The maximum Gasteiger partial charge on any atom is 0.343 e. The van der Waals surface area contributed by atoms with Gasteiger partial charge in [-0.25, -0.2) is 4.79 Å². The summed E-state index contributed by atoms with van der Waals surface area (Å²) in [5.41, 5.74) is 2.55. The van der Waals surface area contributed by atoms with E-state index in [-0.39, 0.29) is 11.5 Å². The van der Waals surface area contributed by atoms with Crippen molar-refractivity contribution in [3.05, 3.63) is 113 Å². The average Bonchev–Trinajstić information content (AvgIpc) is 3.08. The lowest BCUT2D eigenvalue weighted by atomic mass is 10.1. The first kappa shape index (κ1) is 18.4. The fourth-order valence-electron chi connectivity index (χ4n) is 3.04. The number of allylic oxidation sites excluding steroid dienone is 3. The van der Waals surface area contributed by atoms with Gasteiger partial charge in [0.25, 0.3) is 0 Å². The Morgan fingerprint density at radius 3 is 2.34 bits per heavy atom. The molecule has 0 N–H and O–H groups in total. The van der Waals surface area contributed by atoms with Crippen LogP contribution < -0.4 is 9.47 Å². The third-order valence-electron chi connectivity index (χ3n) is 4.58. The van der Waals surface area contributed by atoms with Crippen LogP contribution in [0.3, 0.4) is 0 Å². The zero-order valence-electron chi connectivity index (χ0n) is 15.8. The van der Waals surface area contributed by atoms with Gasteiger partial charge in [-0.05, 0) is 42.8 Å². The van der Waals surface area contributed by atoms with Crippen molar-refractivity contribution in [2.45, 2.75) is 6.92 Å². The quantitative estimate of drug-likeness (QED) is 0.345. The summed E-state index contributed by atoms with van der Waals surface area (Å²) < 4.78 is 11.3. The fraction of sp³-hybridized carbons (Fsp3) is 0.0400. The molecule has 0 bridgehead atoms. The smallest absolute Gasteiger partial charge is 0.343 e. The second-order valence-corrected chi connectivity index (χ2v) is 6.55. The van der Waals surface area contributed by atoms with Crippen LogP contribution in [0.2, 0.25) is 0 Å². The molecule has 1 aliphatic rings. The first-order chi connectivity index (χ1) is 14.1. The molecule has 0 radical (unpaired) electrons. The van der Waals surface area contributed by atoms with Gasteiger partial charge in [0.1, 0.15) is 11.5 Å². The van der Waals surface area contributed by atoms with E-state index < -0.39 is 5.97 Å². The van der Waals surface area contributed by atoms with Gasteiger partial charge in [-0.15, -0.1) is 0 Å². The van der Waals surface area contributed by atoms with Gasteiger partial charge in [-0.1, -0.05) is 60.7 Å². The SMILES string of the molecule is Cc1c(OC(=O)c2ccccc2)ccc2c1O/C(=C\C=C\c1ccccc1)C2=O. The number of hydrogen-bond acceptors (Lipinski definition) is 4. The van der Waals surface area contributed by atoms with Crippen LogP contribution in [0.15, 0.2) is 90.7 Å². The lowest BCUT2D eigenvalue weighted by Gasteiger charge is -2.10. The third kappa shape index (κ3) is 3.87. The van der Waals surface area contributed by atoms with Crippen molar-refractivity contribution in [1.29, 1.82) is 0 Å². The summed E-state index contributed by atoms with van der Waals surface area (Å²) in [5.74, 6) is 0.377. The van der Waals surface area contributed by atoms with E-state index in [4.69, 9.17) is 9.47 Å². The molecule has 0 unspecified atom stereocenters. The summed E-state index contributed by atoms with van der Waals surface area (Å²) in [6.07, 6.45) is 5.32. The molecular formula is C25H18O4. The van der Waals surface area contributed by atoms with Crippen molar-refractivity contribution >= 4 is 17.8 Å². The molecule has 0 atom stereocenters. The highest BCUT2D eigenvalue weighted by Gasteiger charge is 2.30. The molecule has 0 saturated carbocycles. The maximum atomic E-state index is 12.6. The van der Waals surface area contributed by atoms with Crippen molar-refractivity contribution in [1.82, 2.24) is 0 Å². The number of ether oxygens (including phenoxy) is 2. The van der Waals surface area contributed by atoms with E-state index in [0.717, 1.165) is 5.56 Å². The Balaban J connectivity index is 1.55. The van der Waals surface area contributed by atoms with Crippen LogP contribution in [0.1, 0.15) is 31.8 Å². The Kier molecular flexibility index (Phi) is 5.08. The maximum absolute atomic E-state index is 12.6. The number of carbonyl (C=O) groups excluding carboxylic acids is 2. The average molecular weight is 382 g/mol. The Bertz CT molecular complexity index is 1130. The highest BCUT2D eigenvalue weighted by Crippen LogP contribution is 2.39. The molecule has 4 heteroatoms. The van der Waals surface area contributed by atoms with Gasteiger partial charge < -0.3 is 9.47 Å². The van der Waals surface area contributed by atoms with E-state index in [0.29, 0.717) is 28.2 Å². The van der Waals surface area contributed by atoms with Crippen LogP contribution in [0.4, 0.5) is 0 Å². The van der Waals surface area contributed by atoms with Gasteiger partial charge >= 0.3 is 5.97 Å². The molecule has 1 heterocycles. The lowest BCUT2D eigenvalue weighted by Crippen LogP contribution is -2.09. The van der Waals surface area contributed by atoms with Gasteiger partial charge in [-0.3, -0.25) is 4.79 Å². The van der Waals surface area contributed by atoms with Crippen LogP contribution in [-0.2, 0) is 0 Å². The first-order valence-corrected chi connectivity index (χ1v) is 9.20. The second-order valence-electron chi connectivity index (χ2n) is 6.55. The lowest BCUT2D eigenvalue weighted by molar-refractivity contribution is 0.0733. The predicted octanol–water partition coefficient (Wildman–Crippen LogP) is 5.39. The van der Waals surface area contributed by atoms with Crippen molar-refractivity contribution in [3.8, 4) is 11.5 Å². The van der Waals surface area contributed by atoms with Crippen LogP contribution >= 0.6 is 0 Å². The Hall–Kier alpha value is -3.92. The first-order valence-electron chi connectivity index (χ1n) is 9.20. The van der Waals surface area contributed by atoms with Crippen molar-refractivity contribution in [3.63, 3.8) is 0 Å². The highest BCUT2D eigenvalue weighted by atomic mass is 16.5. The van der Waals surface area contributed by atoms with E-state index in [1.54, 1.807) is 55.5 Å². The molecule has 0 saturated heterocycles. The van der Waals surface area contributed by atoms with Gasteiger partial charge in [0.05, 0.1) is 11.1 Å². The minimum Gasteiger partial charge on any atom is -0.452 e. The predicted molar refractivity (Wildman–Crippen MR) is 111 cm³/mol. The van der Waals surface area contributed by atoms with E-state index in [2.05, 4.69) is 0 Å². The summed E-state index contributed by atoms with van der Waals surface area (Å²) in [6.45, 7) is 1.77. The van der Waals surface area contributed by atoms with Gasteiger partial charge in [0.15, 0.2) is 5.76 Å².